The van der Waals surface area contributed by atoms with Gasteiger partial charge in [-0.25, -0.2) is 4.98 Å². The van der Waals surface area contributed by atoms with Gasteiger partial charge in [-0.15, -0.1) is 0 Å². The fourth-order valence-corrected chi connectivity index (χ4v) is 3.30. The number of aromatic nitrogens is 2. The van der Waals surface area contributed by atoms with E-state index < -0.39 is 0 Å². The molecule has 6 nitrogen and oxygen atoms in total. The van der Waals surface area contributed by atoms with Crippen molar-refractivity contribution in [3.8, 4) is 0 Å². The molecule has 0 aliphatic carbocycles. The number of aryl methyl sites for hydroxylation is 2. The Morgan fingerprint density at radius 3 is 2.67 bits per heavy atom. The molecule has 144 valence electrons. The summed E-state index contributed by atoms with van der Waals surface area (Å²) in [5.41, 5.74) is 4.29. The highest BCUT2D eigenvalue weighted by molar-refractivity contribution is 6.03. The van der Waals surface area contributed by atoms with E-state index in [2.05, 4.69) is 15.6 Å². The molecule has 0 saturated heterocycles. The van der Waals surface area contributed by atoms with Crippen LogP contribution in [-0.4, -0.2) is 27.4 Å². The molecular weight excluding hydrogens is 340 g/mol. The molecule has 1 atom stereocenters. The zero-order chi connectivity index (χ0) is 19.6. The lowest BCUT2D eigenvalue weighted by atomic mass is 10.1. The van der Waals surface area contributed by atoms with Gasteiger partial charge >= 0.3 is 0 Å². The maximum absolute atomic E-state index is 12.9. The molecule has 0 bridgehead atoms. The third kappa shape index (κ3) is 4.04. The molecule has 2 amide bonds. The van der Waals surface area contributed by atoms with Gasteiger partial charge in [0, 0.05) is 18.3 Å². The Morgan fingerprint density at radius 2 is 1.96 bits per heavy atom. The number of amides is 2. The first-order valence-electron chi connectivity index (χ1n) is 9.69. The zero-order valence-corrected chi connectivity index (χ0v) is 16.6. The third-order valence-corrected chi connectivity index (χ3v) is 5.29. The Morgan fingerprint density at radius 1 is 1.19 bits per heavy atom. The van der Waals surface area contributed by atoms with Gasteiger partial charge in [-0.3, -0.25) is 9.59 Å². The van der Waals surface area contributed by atoms with E-state index in [0.29, 0.717) is 18.1 Å². The van der Waals surface area contributed by atoms with Gasteiger partial charge < -0.3 is 15.2 Å². The van der Waals surface area contributed by atoms with Crippen LogP contribution in [0, 0.1) is 13.8 Å². The minimum Gasteiger partial charge on any atom is -0.348 e. The standard InChI is InChI=1S/C21H28N4O2/c1-5-15(4)22-20(26)18-17-8-6-7-11-25(17)19(24-18)21(27)23-16-10-9-13(2)14(3)12-16/h9-10,12,15H,5-8,11H2,1-4H3,(H,22,26)(H,23,27). The molecule has 6 heteroatoms. The minimum absolute atomic E-state index is 0.0752. The van der Waals surface area contributed by atoms with Crippen LogP contribution in [0.3, 0.4) is 0 Å². The van der Waals surface area contributed by atoms with Crippen molar-refractivity contribution >= 4 is 17.5 Å². The topological polar surface area (TPSA) is 76.0 Å². The van der Waals surface area contributed by atoms with Gasteiger partial charge in [0.1, 0.15) is 5.69 Å². The largest absolute Gasteiger partial charge is 0.348 e. The molecule has 1 aliphatic rings. The number of hydrogen-bond acceptors (Lipinski definition) is 3. The quantitative estimate of drug-likeness (QED) is 0.846. The Labute approximate surface area is 160 Å². The summed E-state index contributed by atoms with van der Waals surface area (Å²) in [6.07, 6.45) is 3.61. The van der Waals surface area contributed by atoms with Crippen LogP contribution in [0.2, 0.25) is 0 Å². The van der Waals surface area contributed by atoms with E-state index in [9.17, 15) is 9.59 Å². The van der Waals surface area contributed by atoms with Gasteiger partial charge in [-0.1, -0.05) is 13.0 Å². The van der Waals surface area contributed by atoms with Crippen LogP contribution >= 0.6 is 0 Å². The number of fused-ring (bicyclic) bond motifs is 1. The molecule has 0 radical (unpaired) electrons. The Balaban J connectivity index is 1.89. The molecular formula is C21H28N4O2. The summed E-state index contributed by atoms with van der Waals surface area (Å²) >= 11 is 0. The third-order valence-electron chi connectivity index (χ3n) is 5.29. The predicted octanol–water partition coefficient (Wildman–Crippen LogP) is 3.62. The highest BCUT2D eigenvalue weighted by Crippen LogP contribution is 2.22. The van der Waals surface area contributed by atoms with Gasteiger partial charge in [-0.05, 0) is 69.7 Å². The van der Waals surface area contributed by atoms with Gasteiger partial charge in [0.05, 0.1) is 5.69 Å². The number of benzene rings is 1. The fraction of sp³-hybridized carbons (Fsp3) is 0.476. The maximum atomic E-state index is 12.9. The van der Waals surface area contributed by atoms with Crippen LogP contribution in [0.1, 0.15) is 71.0 Å². The van der Waals surface area contributed by atoms with Crippen molar-refractivity contribution in [3.63, 3.8) is 0 Å². The van der Waals surface area contributed by atoms with Crippen LogP contribution in [0.25, 0.3) is 0 Å². The zero-order valence-electron chi connectivity index (χ0n) is 16.6. The second kappa shape index (κ2) is 7.94. The van der Waals surface area contributed by atoms with Crippen molar-refractivity contribution in [3.05, 3.63) is 46.5 Å². The molecule has 2 aromatic rings. The van der Waals surface area contributed by atoms with Crippen molar-refractivity contribution in [1.29, 1.82) is 0 Å². The fourth-order valence-electron chi connectivity index (χ4n) is 3.30. The monoisotopic (exact) mass is 368 g/mol. The number of carbonyl (C=O) groups is 2. The minimum atomic E-state index is -0.274. The summed E-state index contributed by atoms with van der Waals surface area (Å²) < 4.78 is 1.91. The number of nitrogens with one attached hydrogen (secondary N) is 2. The molecule has 1 aromatic carbocycles. The lowest BCUT2D eigenvalue weighted by Gasteiger charge is -2.17. The Hall–Kier alpha value is -2.63. The first-order chi connectivity index (χ1) is 12.9. The van der Waals surface area contributed by atoms with E-state index in [4.69, 9.17) is 0 Å². The average Bonchev–Trinajstić information content (AvgIpc) is 3.04. The second-order valence-corrected chi connectivity index (χ2v) is 7.38. The van der Waals surface area contributed by atoms with E-state index in [1.807, 2.05) is 50.5 Å². The lowest BCUT2D eigenvalue weighted by molar-refractivity contribution is 0.0933. The normalized spacial score (nSPS) is 14.4. The van der Waals surface area contributed by atoms with Gasteiger partial charge in [0.2, 0.25) is 0 Å². The van der Waals surface area contributed by atoms with Gasteiger partial charge in [0.25, 0.3) is 11.8 Å². The van der Waals surface area contributed by atoms with Crippen molar-refractivity contribution in [1.82, 2.24) is 14.9 Å². The number of imidazole rings is 1. The van der Waals surface area contributed by atoms with E-state index >= 15 is 0 Å². The van der Waals surface area contributed by atoms with E-state index in [1.54, 1.807) is 0 Å². The van der Waals surface area contributed by atoms with Crippen LogP contribution in [0.5, 0.6) is 0 Å². The summed E-state index contributed by atoms with van der Waals surface area (Å²) in [6.45, 7) is 8.76. The number of nitrogens with zero attached hydrogens (tertiary/aromatic N) is 2. The summed E-state index contributed by atoms with van der Waals surface area (Å²) in [5.74, 6) is -0.151. The first kappa shape index (κ1) is 19.1. The van der Waals surface area contributed by atoms with Crippen LogP contribution in [0.4, 0.5) is 5.69 Å². The second-order valence-electron chi connectivity index (χ2n) is 7.38. The lowest BCUT2D eigenvalue weighted by Crippen LogP contribution is -2.33. The van der Waals surface area contributed by atoms with E-state index in [-0.39, 0.29) is 17.9 Å². The van der Waals surface area contributed by atoms with Crippen LogP contribution < -0.4 is 10.6 Å². The van der Waals surface area contributed by atoms with Crippen LogP contribution in [-0.2, 0) is 13.0 Å². The van der Waals surface area contributed by atoms with Crippen LogP contribution in [0.15, 0.2) is 18.2 Å². The molecule has 0 fully saturated rings. The maximum Gasteiger partial charge on any atom is 0.291 e. The first-order valence-corrected chi connectivity index (χ1v) is 9.69. The molecule has 1 aliphatic heterocycles. The molecule has 1 unspecified atom stereocenters. The van der Waals surface area contributed by atoms with E-state index in [0.717, 1.165) is 42.6 Å². The summed E-state index contributed by atoms with van der Waals surface area (Å²) in [4.78, 5) is 30.0. The molecule has 3 rings (SSSR count). The SMILES string of the molecule is CCC(C)NC(=O)c1nc(C(=O)Nc2ccc(C)c(C)c2)n2c1CCCC2. The van der Waals surface area contributed by atoms with Crippen molar-refractivity contribution in [2.24, 2.45) is 0 Å². The molecule has 0 saturated carbocycles. The van der Waals surface area contributed by atoms with Gasteiger partial charge in [0.15, 0.2) is 5.82 Å². The average molecular weight is 368 g/mol. The molecule has 0 spiro atoms. The molecule has 27 heavy (non-hydrogen) atoms. The van der Waals surface area contributed by atoms with Crippen molar-refractivity contribution in [2.75, 3.05) is 5.32 Å². The highest BCUT2D eigenvalue weighted by Gasteiger charge is 2.27. The number of anilines is 1. The predicted molar refractivity (Wildman–Crippen MR) is 106 cm³/mol. The van der Waals surface area contributed by atoms with Crippen molar-refractivity contribution < 1.29 is 9.59 Å². The van der Waals surface area contributed by atoms with Crippen molar-refractivity contribution in [2.45, 2.75) is 66.0 Å². The molecule has 2 N–H and O–H groups in total. The number of hydrogen-bond donors (Lipinski definition) is 2. The summed E-state index contributed by atoms with van der Waals surface area (Å²) in [6, 6.07) is 5.89. The Bertz CT molecular complexity index is 869. The smallest absolute Gasteiger partial charge is 0.291 e. The molecule has 2 heterocycles. The number of carbonyl (C=O) groups excluding carboxylic acids is 2. The summed E-state index contributed by atoms with van der Waals surface area (Å²) in [7, 11) is 0. The molecule has 1 aromatic heterocycles. The van der Waals surface area contributed by atoms with E-state index in [1.165, 1.54) is 5.56 Å². The highest BCUT2D eigenvalue weighted by atomic mass is 16.2. The summed E-state index contributed by atoms with van der Waals surface area (Å²) in [5, 5.41) is 5.89. The van der Waals surface area contributed by atoms with Gasteiger partial charge in [-0.2, -0.15) is 0 Å². The number of rotatable bonds is 5. The Kier molecular flexibility index (Phi) is 5.63.